The number of aryl methyl sites for hydroxylation is 1. The van der Waals surface area contributed by atoms with Crippen LogP contribution < -0.4 is 10.6 Å². The Morgan fingerprint density at radius 1 is 1.04 bits per heavy atom. The standard InChI is InChI=1S/C20H18ClN3O/c1-14-5-2-3-6-15(14)12-23-20(25)19-10-9-18(13-22-19)24-17-8-4-7-16(21)11-17/h2-11,13,24H,12H2,1H3,(H,23,25). The van der Waals surface area contributed by atoms with Crippen LogP contribution in [0.15, 0.2) is 66.9 Å². The maximum atomic E-state index is 12.2. The van der Waals surface area contributed by atoms with E-state index in [1.807, 2.05) is 61.5 Å². The summed E-state index contributed by atoms with van der Waals surface area (Å²) in [4.78, 5) is 16.5. The second kappa shape index (κ2) is 7.81. The van der Waals surface area contributed by atoms with Crippen molar-refractivity contribution < 1.29 is 4.79 Å². The number of amides is 1. The lowest BCUT2D eigenvalue weighted by Crippen LogP contribution is -2.24. The van der Waals surface area contributed by atoms with Gasteiger partial charge in [-0.2, -0.15) is 0 Å². The van der Waals surface area contributed by atoms with Crippen molar-refractivity contribution in [3.63, 3.8) is 0 Å². The molecule has 0 fully saturated rings. The van der Waals surface area contributed by atoms with Crippen molar-refractivity contribution in [3.05, 3.63) is 88.7 Å². The molecule has 25 heavy (non-hydrogen) atoms. The van der Waals surface area contributed by atoms with Crippen molar-refractivity contribution in [1.82, 2.24) is 10.3 Å². The van der Waals surface area contributed by atoms with Crippen LogP contribution in [0.25, 0.3) is 0 Å². The molecule has 1 heterocycles. The van der Waals surface area contributed by atoms with E-state index in [2.05, 4.69) is 15.6 Å². The van der Waals surface area contributed by atoms with E-state index in [0.717, 1.165) is 22.5 Å². The summed E-state index contributed by atoms with van der Waals surface area (Å²) in [6.07, 6.45) is 1.63. The molecule has 0 aliphatic heterocycles. The first-order chi connectivity index (χ1) is 12.1. The summed E-state index contributed by atoms with van der Waals surface area (Å²) >= 11 is 5.97. The molecule has 0 spiro atoms. The third kappa shape index (κ3) is 4.58. The fourth-order valence-electron chi connectivity index (χ4n) is 2.41. The monoisotopic (exact) mass is 351 g/mol. The number of benzene rings is 2. The summed E-state index contributed by atoms with van der Waals surface area (Å²) in [6.45, 7) is 2.51. The van der Waals surface area contributed by atoms with Crippen LogP contribution in [0.4, 0.5) is 11.4 Å². The van der Waals surface area contributed by atoms with Gasteiger partial charge < -0.3 is 10.6 Å². The Labute approximate surface area is 151 Å². The highest BCUT2D eigenvalue weighted by atomic mass is 35.5. The average molecular weight is 352 g/mol. The summed E-state index contributed by atoms with van der Waals surface area (Å²) < 4.78 is 0. The third-order valence-electron chi connectivity index (χ3n) is 3.81. The molecule has 0 saturated heterocycles. The number of anilines is 2. The van der Waals surface area contributed by atoms with Gasteiger partial charge in [0, 0.05) is 17.3 Å². The normalized spacial score (nSPS) is 10.3. The molecule has 0 aliphatic rings. The predicted octanol–water partition coefficient (Wildman–Crippen LogP) is 4.72. The fourth-order valence-corrected chi connectivity index (χ4v) is 2.60. The number of nitrogens with zero attached hydrogens (tertiary/aromatic N) is 1. The number of hydrogen-bond donors (Lipinski definition) is 2. The first-order valence-corrected chi connectivity index (χ1v) is 8.31. The minimum Gasteiger partial charge on any atom is -0.354 e. The van der Waals surface area contributed by atoms with E-state index >= 15 is 0 Å². The Bertz CT molecular complexity index is 878. The quantitative estimate of drug-likeness (QED) is 0.699. The van der Waals surface area contributed by atoms with Crippen LogP contribution in [-0.4, -0.2) is 10.9 Å². The van der Waals surface area contributed by atoms with Crippen LogP contribution in [0, 0.1) is 6.92 Å². The molecule has 0 radical (unpaired) electrons. The molecule has 3 rings (SSSR count). The highest BCUT2D eigenvalue weighted by Gasteiger charge is 2.08. The maximum absolute atomic E-state index is 12.2. The Balaban J connectivity index is 1.61. The number of carbonyl (C=O) groups is 1. The van der Waals surface area contributed by atoms with Gasteiger partial charge in [0.05, 0.1) is 11.9 Å². The van der Waals surface area contributed by atoms with E-state index < -0.39 is 0 Å². The van der Waals surface area contributed by atoms with Gasteiger partial charge in [0.1, 0.15) is 5.69 Å². The molecule has 0 saturated carbocycles. The van der Waals surface area contributed by atoms with E-state index in [4.69, 9.17) is 11.6 Å². The van der Waals surface area contributed by atoms with E-state index in [1.165, 1.54) is 0 Å². The van der Waals surface area contributed by atoms with Crippen LogP contribution in [0.5, 0.6) is 0 Å². The molecular weight excluding hydrogens is 334 g/mol. The third-order valence-corrected chi connectivity index (χ3v) is 4.05. The highest BCUT2D eigenvalue weighted by molar-refractivity contribution is 6.30. The summed E-state index contributed by atoms with van der Waals surface area (Å²) in [5, 5.41) is 6.75. The zero-order valence-corrected chi connectivity index (χ0v) is 14.5. The minimum atomic E-state index is -0.197. The SMILES string of the molecule is Cc1ccccc1CNC(=O)c1ccc(Nc2cccc(Cl)c2)cn1. The average Bonchev–Trinajstić information content (AvgIpc) is 2.61. The van der Waals surface area contributed by atoms with Gasteiger partial charge in [-0.15, -0.1) is 0 Å². The lowest BCUT2D eigenvalue weighted by Gasteiger charge is -2.09. The minimum absolute atomic E-state index is 0.197. The van der Waals surface area contributed by atoms with E-state index in [9.17, 15) is 4.79 Å². The summed E-state index contributed by atoms with van der Waals surface area (Å²) in [5.74, 6) is -0.197. The number of pyridine rings is 1. The van der Waals surface area contributed by atoms with Gasteiger partial charge in [-0.25, -0.2) is 4.98 Å². The Kier molecular flexibility index (Phi) is 5.31. The van der Waals surface area contributed by atoms with Crippen LogP contribution in [0.2, 0.25) is 5.02 Å². The molecule has 1 amide bonds. The summed E-state index contributed by atoms with van der Waals surface area (Å²) in [5.41, 5.74) is 4.28. The largest absolute Gasteiger partial charge is 0.354 e. The first kappa shape index (κ1) is 17.0. The second-order valence-electron chi connectivity index (χ2n) is 5.68. The Morgan fingerprint density at radius 2 is 1.88 bits per heavy atom. The summed E-state index contributed by atoms with van der Waals surface area (Å²) in [7, 11) is 0. The van der Waals surface area contributed by atoms with Crippen molar-refractivity contribution in [2.75, 3.05) is 5.32 Å². The molecule has 4 nitrogen and oxygen atoms in total. The number of halogens is 1. The predicted molar refractivity (Wildman–Crippen MR) is 101 cm³/mol. The number of nitrogens with one attached hydrogen (secondary N) is 2. The number of hydrogen-bond acceptors (Lipinski definition) is 3. The molecule has 0 aliphatic carbocycles. The molecule has 0 unspecified atom stereocenters. The van der Waals surface area contributed by atoms with E-state index in [1.54, 1.807) is 12.3 Å². The molecule has 3 aromatic rings. The maximum Gasteiger partial charge on any atom is 0.270 e. The lowest BCUT2D eigenvalue weighted by atomic mass is 10.1. The molecule has 126 valence electrons. The zero-order valence-electron chi connectivity index (χ0n) is 13.8. The van der Waals surface area contributed by atoms with Crippen molar-refractivity contribution >= 4 is 28.9 Å². The van der Waals surface area contributed by atoms with Gasteiger partial charge in [-0.3, -0.25) is 4.79 Å². The number of rotatable bonds is 5. The molecule has 2 N–H and O–H groups in total. The van der Waals surface area contributed by atoms with Gasteiger partial charge in [-0.1, -0.05) is 41.9 Å². The number of carbonyl (C=O) groups excluding carboxylic acids is 1. The zero-order chi connectivity index (χ0) is 17.6. The van der Waals surface area contributed by atoms with E-state index in [-0.39, 0.29) is 5.91 Å². The molecule has 5 heteroatoms. The smallest absolute Gasteiger partial charge is 0.270 e. The van der Waals surface area contributed by atoms with Crippen molar-refractivity contribution in [3.8, 4) is 0 Å². The van der Waals surface area contributed by atoms with Gasteiger partial charge >= 0.3 is 0 Å². The summed E-state index contributed by atoms with van der Waals surface area (Å²) in [6, 6.07) is 18.9. The topological polar surface area (TPSA) is 54.0 Å². The second-order valence-corrected chi connectivity index (χ2v) is 6.11. The van der Waals surface area contributed by atoms with Crippen molar-refractivity contribution in [2.24, 2.45) is 0 Å². The van der Waals surface area contributed by atoms with Gasteiger partial charge in [-0.05, 0) is 48.4 Å². The molecule has 1 aromatic heterocycles. The van der Waals surface area contributed by atoms with Crippen LogP contribution >= 0.6 is 11.6 Å². The Morgan fingerprint density at radius 3 is 2.60 bits per heavy atom. The van der Waals surface area contributed by atoms with Crippen molar-refractivity contribution in [1.29, 1.82) is 0 Å². The van der Waals surface area contributed by atoms with E-state index in [0.29, 0.717) is 17.3 Å². The van der Waals surface area contributed by atoms with Gasteiger partial charge in [0.25, 0.3) is 5.91 Å². The van der Waals surface area contributed by atoms with Crippen LogP contribution in [0.1, 0.15) is 21.6 Å². The molecule has 0 bridgehead atoms. The molecule has 0 atom stereocenters. The van der Waals surface area contributed by atoms with Crippen LogP contribution in [0.3, 0.4) is 0 Å². The molecular formula is C20H18ClN3O. The van der Waals surface area contributed by atoms with Crippen LogP contribution in [-0.2, 0) is 6.54 Å². The fraction of sp³-hybridized carbons (Fsp3) is 0.100. The highest BCUT2D eigenvalue weighted by Crippen LogP contribution is 2.19. The first-order valence-electron chi connectivity index (χ1n) is 7.93. The van der Waals surface area contributed by atoms with Crippen molar-refractivity contribution in [2.45, 2.75) is 13.5 Å². The number of aromatic nitrogens is 1. The Hall–Kier alpha value is -2.85. The van der Waals surface area contributed by atoms with Gasteiger partial charge in [0.2, 0.25) is 0 Å². The lowest BCUT2D eigenvalue weighted by molar-refractivity contribution is 0.0946. The van der Waals surface area contributed by atoms with Gasteiger partial charge in [0.15, 0.2) is 0 Å². The molecule has 2 aromatic carbocycles.